The third-order valence-electron chi connectivity index (χ3n) is 3.88. The molecule has 0 aliphatic carbocycles. The number of nitrogens with zero attached hydrogens (tertiary/aromatic N) is 1. The summed E-state index contributed by atoms with van der Waals surface area (Å²) in [6.45, 7) is 3.08. The number of amides is 2. The van der Waals surface area contributed by atoms with Crippen LogP contribution < -0.4 is 11.1 Å². The molecule has 2 heterocycles. The van der Waals surface area contributed by atoms with Crippen molar-refractivity contribution in [2.24, 2.45) is 11.7 Å². The summed E-state index contributed by atoms with van der Waals surface area (Å²) in [6.07, 6.45) is 3.49. The molecule has 3 atom stereocenters. The molecule has 3 unspecified atom stereocenters. The highest BCUT2D eigenvalue weighted by molar-refractivity contribution is 5.89. The van der Waals surface area contributed by atoms with Crippen LogP contribution in [0.3, 0.4) is 0 Å². The molecule has 0 bridgehead atoms. The third kappa shape index (κ3) is 2.44. The molecule has 5 heteroatoms. The fraction of sp³-hybridized carbons (Fsp3) is 0.833. The smallest absolute Gasteiger partial charge is 0.228 e. The van der Waals surface area contributed by atoms with Gasteiger partial charge in [-0.25, -0.2) is 0 Å². The Morgan fingerprint density at radius 3 is 2.88 bits per heavy atom. The van der Waals surface area contributed by atoms with Crippen LogP contribution in [0.4, 0.5) is 0 Å². The molecule has 2 fully saturated rings. The number of nitrogens with one attached hydrogen (secondary N) is 1. The summed E-state index contributed by atoms with van der Waals surface area (Å²) in [7, 11) is 0. The number of rotatable bonds is 2. The third-order valence-corrected chi connectivity index (χ3v) is 3.88. The highest BCUT2D eigenvalue weighted by Crippen LogP contribution is 2.25. The normalized spacial score (nSPS) is 33.6. The fourth-order valence-corrected chi connectivity index (χ4v) is 2.91. The lowest BCUT2D eigenvalue weighted by Crippen LogP contribution is -2.53. The van der Waals surface area contributed by atoms with Crippen LogP contribution in [0.1, 0.15) is 32.6 Å². The number of likely N-dealkylation sites (tertiary alicyclic amines) is 1. The van der Waals surface area contributed by atoms with E-state index in [-0.39, 0.29) is 29.8 Å². The Hall–Kier alpha value is -1.10. The van der Waals surface area contributed by atoms with Crippen LogP contribution in [-0.2, 0) is 9.59 Å². The number of nitrogens with two attached hydrogens (primary N) is 1. The number of carbonyl (C=O) groups is 2. The van der Waals surface area contributed by atoms with Crippen molar-refractivity contribution in [3.63, 3.8) is 0 Å². The molecule has 0 spiro atoms. The molecule has 2 saturated heterocycles. The molecule has 2 rings (SSSR count). The fourth-order valence-electron chi connectivity index (χ4n) is 2.91. The molecule has 0 aromatic rings. The SMILES string of the molecule is CC1CCCC(CN)N1C(=O)C1CNC(=O)C1. The summed E-state index contributed by atoms with van der Waals surface area (Å²) in [5.41, 5.74) is 5.74. The van der Waals surface area contributed by atoms with Crippen LogP contribution in [0, 0.1) is 5.92 Å². The number of hydrogen-bond donors (Lipinski definition) is 2. The van der Waals surface area contributed by atoms with Gasteiger partial charge < -0.3 is 16.0 Å². The topological polar surface area (TPSA) is 75.4 Å². The van der Waals surface area contributed by atoms with E-state index in [1.54, 1.807) is 0 Å². The van der Waals surface area contributed by atoms with Crippen LogP contribution in [0.15, 0.2) is 0 Å². The van der Waals surface area contributed by atoms with E-state index < -0.39 is 0 Å². The Morgan fingerprint density at radius 2 is 2.29 bits per heavy atom. The average molecular weight is 239 g/mol. The quantitative estimate of drug-likeness (QED) is 0.703. The van der Waals surface area contributed by atoms with E-state index in [0.29, 0.717) is 19.5 Å². The predicted octanol–water partition coefficient (Wildman–Crippen LogP) is -0.149. The van der Waals surface area contributed by atoms with E-state index in [2.05, 4.69) is 12.2 Å². The molecule has 17 heavy (non-hydrogen) atoms. The second kappa shape index (κ2) is 5.04. The Labute approximate surface area is 102 Å². The van der Waals surface area contributed by atoms with Gasteiger partial charge in [-0.2, -0.15) is 0 Å². The summed E-state index contributed by atoms with van der Waals surface area (Å²) >= 11 is 0. The first-order chi connectivity index (χ1) is 8.13. The van der Waals surface area contributed by atoms with Crippen molar-refractivity contribution in [3.05, 3.63) is 0 Å². The minimum atomic E-state index is -0.183. The molecule has 0 aromatic heterocycles. The van der Waals surface area contributed by atoms with Gasteiger partial charge in [0.05, 0.1) is 5.92 Å². The minimum absolute atomic E-state index is 0.0164. The van der Waals surface area contributed by atoms with Gasteiger partial charge in [0.2, 0.25) is 11.8 Å². The summed E-state index contributed by atoms with van der Waals surface area (Å²) in [5.74, 6) is -0.0968. The highest BCUT2D eigenvalue weighted by atomic mass is 16.2. The van der Waals surface area contributed by atoms with Gasteiger partial charge in [-0.1, -0.05) is 0 Å². The molecule has 2 aliphatic rings. The van der Waals surface area contributed by atoms with E-state index >= 15 is 0 Å². The lowest BCUT2D eigenvalue weighted by molar-refractivity contribution is -0.142. The molecule has 5 nitrogen and oxygen atoms in total. The number of carbonyl (C=O) groups excluding carboxylic acids is 2. The van der Waals surface area contributed by atoms with Crippen molar-refractivity contribution >= 4 is 11.8 Å². The van der Waals surface area contributed by atoms with Gasteiger partial charge in [0.1, 0.15) is 0 Å². The van der Waals surface area contributed by atoms with Crippen molar-refractivity contribution in [1.82, 2.24) is 10.2 Å². The highest BCUT2D eigenvalue weighted by Gasteiger charge is 2.37. The van der Waals surface area contributed by atoms with Gasteiger partial charge in [0, 0.05) is 31.6 Å². The van der Waals surface area contributed by atoms with Gasteiger partial charge in [-0.3, -0.25) is 9.59 Å². The van der Waals surface area contributed by atoms with E-state index in [9.17, 15) is 9.59 Å². The van der Waals surface area contributed by atoms with E-state index in [1.165, 1.54) is 0 Å². The molecule has 0 aromatic carbocycles. The monoisotopic (exact) mass is 239 g/mol. The summed E-state index contributed by atoms with van der Waals surface area (Å²) in [4.78, 5) is 25.5. The standard InChI is InChI=1S/C12H21N3O2/c1-8-3-2-4-10(6-13)15(8)12(17)9-5-11(16)14-7-9/h8-10H,2-7,13H2,1H3,(H,14,16). The molecule has 3 N–H and O–H groups in total. The predicted molar refractivity (Wildman–Crippen MR) is 64.1 cm³/mol. The Morgan fingerprint density at radius 1 is 1.53 bits per heavy atom. The lowest BCUT2D eigenvalue weighted by Gasteiger charge is -2.41. The maximum atomic E-state index is 12.4. The maximum Gasteiger partial charge on any atom is 0.228 e. The van der Waals surface area contributed by atoms with Crippen LogP contribution in [-0.4, -0.2) is 41.9 Å². The van der Waals surface area contributed by atoms with Crippen molar-refractivity contribution in [2.75, 3.05) is 13.1 Å². The summed E-state index contributed by atoms with van der Waals surface area (Å²) in [6, 6.07) is 0.405. The lowest BCUT2D eigenvalue weighted by atomic mass is 9.94. The Balaban J connectivity index is 2.07. The van der Waals surface area contributed by atoms with Crippen molar-refractivity contribution < 1.29 is 9.59 Å². The molecule has 96 valence electrons. The molecule has 2 amide bonds. The Kier molecular flexibility index (Phi) is 3.66. The number of piperidine rings is 1. The van der Waals surface area contributed by atoms with Gasteiger partial charge in [-0.15, -0.1) is 0 Å². The second-order valence-electron chi connectivity index (χ2n) is 5.12. The maximum absolute atomic E-state index is 12.4. The van der Waals surface area contributed by atoms with E-state index in [1.807, 2.05) is 4.90 Å². The van der Waals surface area contributed by atoms with Gasteiger partial charge in [-0.05, 0) is 26.2 Å². The average Bonchev–Trinajstić information content (AvgIpc) is 2.74. The van der Waals surface area contributed by atoms with Gasteiger partial charge in [0.15, 0.2) is 0 Å². The minimum Gasteiger partial charge on any atom is -0.355 e. The zero-order valence-electron chi connectivity index (χ0n) is 10.3. The molecular formula is C12H21N3O2. The zero-order chi connectivity index (χ0) is 12.4. The van der Waals surface area contributed by atoms with Crippen LogP contribution in [0.2, 0.25) is 0 Å². The zero-order valence-corrected chi connectivity index (χ0v) is 10.3. The van der Waals surface area contributed by atoms with E-state index in [4.69, 9.17) is 5.73 Å². The largest absolute Gasteiger partial charge is 0.355 e. The summed E-state index contributed by atoms with van der Waals surface area (Å²) in [5, 5.41) is 2.72. The summed E-state index contributed by atoms with van der Waals surface area (Å²) < 4.78 is 0. The van der Waals surface area contributed by atoms with Crippen molar-refractivity contribution in [2.45, 2.75) is 44.7 Å². The first-order valence-electron chi connectivity index (χ1n) is 6.42. The van der Waals surface area contributed by atoms with Crippen LogP contribution in [0.5, 0.6) is 0 Å². The van der Waals surface area contributed by atoms with Crippen molar-refractivity contribution in [3.8, 4) is 0 Å². The van der Waals surface area contributed by atoms with Gasteiger partial charge >= 0.3 is 0 Å². The molecule has 0 saturated carbocycles. The van der Waals surface area contributed by atoms with E-state index in [0.717, 1.165) is 19.3 Å². The van der Waals surface area contributed by atoms with Crippen LogP contribution >= 0.6 is 0 Å². The van der Waals surface area contributed by atoms with Crippen molar-refractivity contribution in [1.29, 1.82) is 0 Å². The van der Waals surface area contributed by atoms with Gasteiger partial charge in [0.25, 0.3) is 0 Å². The Bertz CT molecular complexity index is 319. The van der Waals surface area contributed by atoms with Crippen LogP contribution in [0.25, 0.3) is 0 Å². The molecule has 0 radical (unpaired) electrons. The first-order valence-corrected chi connectivity index (χ1v) is 6.42. The first kappa shape index (κ1) is 12.4. The molecule has 2 aliphatic heterocycles. The molecular weight excluding hydrogens is 218 g/mol. The number of hydrogen-bond acceptors (Lipinski definition) is 3. The second-order valence-corrected chi connectivity index (χ2v) is 5.12.